The minimum atomic E-state index is -0.843. The molecule has 0 aromatic heterocycles. The molecule has 0 N–H and O–H groups in total. The van der Waals surface area contributed by atoms with Crippen molar-refractivity contribution in [1.29, 1.82) is 0 Å². The molecule has 1 aliphatic carbocycles. The quantitative estimate of drug-likeness (QED) is 0.118. The Hall–Kier alpha value is -5.72. The van der Waals surface area contributed by atoms with Gasteiger partial charge in [0.05, 0.1) is 21.7 Å². The number of hydrogen-bond donors (Lipinski definition) is 0. The smallest absolute Gasteiger partial charge is 0.273 e. The van der Waals surface area contributed by atoms with E-state index < -0.39 is 51.7 Å². The molecule has 5 rings (SSSR count). The van der Waals surface area contributed by atoms with Gasteiger partial charge in [0.1, 0.15) is 18.0 Å². The first-order valence-electron chi connectivity index (χ1n) is 12.8. The van der Waals surface area contributed by atoms with Crippen LogP contribution in [0.25, 0.3) is 0 Å². The van der Waals surface area contributed by atoms with E-state index in [1.165, 1.54) is 60.7 Å². The number of carbonyl (C=O) groups is 4. The molecule has 0 radical (unpaired) electrons. The number of nitrogens with zero attached hydrogens (tertiary/aromatic N) is 4. The molecule has 0 bridgehead atoms. The lowest BCUT2D eigenvalue weighted by Gasteiger charge is -2.30. The number of non-ortho nitro benzene ring substituents is 2. The number of ether oxygens (including phenoxy) is 1. The summed E-state index contributed by atoms with van der Waals surface area (Å²) < 4.78 is 5.67. The molecule has 1 heterocycles. The Morgan fingerprint density at radius 1 is 0.738 bits per heavy atom. The van der Waals surface area contributed by atoms with Crippen molar-refractivity contribution in [1.82, 2.24) is 10.0 Å². The Kier molecular flexibility index (Phi) is 7.56. The molecule has 2 aliphatic rings. The molecule has 1 fully saturated rings. The lowest BCUT2D eigenvalue weighted by Crippen LogP contribution is -2.52. The second-order valence-corrected chi connectivity index (χ2v) is 9.61. The number of amides is 3. The van der Waals surface area contributed by atoms with Gasteiger partial charge in [-0.15, -0.1) is 0 Å². The zero-order chi connectivity index (χ0) is 30.0. The number of carbonyl (C=O) groups excluding carboxylic acids is 4. The van der Waals surface area contributed by atoms with Crippen molar-refractivity contribution in [3.05, 3.63) is 116 Å². The molecule has 1 aliphatic heterocycles. The van der Waals surface area contributed by atoms with E-state index in [9.17, 15) is 39.4 Å². The third kappa shape index (κ3) is 5.47. The minimum absolute atomic E-state index is 0.0474. The molecular weight excluding hydrogens is 548 g/mol. The molecule has 42 heavy (non-hydrogen) atoms. The van der Waals surface area contributed by atoms with Crippen LogP contribution in [0.1, 0.15) is 33.6 Å². The molecule has 13 heteroatoms. The first-order valence-corrected chi connectivity index (χ1v) is 12.8. The first kappa shape index (κ1) is 27.8. The molecule has 1 saturated heterocycles. The Labute approximate surface area is 237 Å². The molecule has 3 aromatic carbocycles. The van der Waals surface area contributed by atoms with Crippen molar-refractivity contribution in [2.24, 2.45) is 11.8 Å². The van der Waals surface area contributed by atoms with Gasteiger partial charge in [-0.3, -0.25) is 39.4 Å². The molecule has 0 unspecified atom stereocenters. The molecular formula is C29H22N4O9. The lowest BCUT2D eigenvalue weighted by molar-refractivity contribution is -0.385. The Bertz CT molecular complexity index is 1590. The fraction of sp³-hybridized carbons (Fsp3) is 0.172. The first-order chi connectivity index (χ1) is 20.1. The monoisotopic (exact) mass is 570 g/mol. The van der Waals surface area contributed by atoms with Crippen LogP contribution in [0.3, 0.4) is 0 Å². The highest BCUT2D eigenvalue weighted by Gasteiger charge is 2.51. The second-order valence-electron chi connectivity index (χ2n) is 9.61. The largest absolute Gasteiger partial charge is 0.457 e. The van der Waals surface area contributed by atoms with Gasteiger partial charge < -0.3 is 4.74 Å². The summed E-state index contributed by atoms with van der Waals surface area (Å²) in [6, 6.07) is 15.9. The number of fused-ring (bicyclic) bond motifs is 1. The summed E-state index contributed by atoms with van der Waals surface area (Å²) in [5.74, 6) is -3.25. The second kappa shape index (κ2) is 11.4. The number of rotatable bonds is 9. The summed E-state index contributed by atoms with van der Waals surface area (Å²) in [5.41, 5.74) is -0.239. The van der Waals surface area contributed by atoms with Gasteiger partial charge in [0, 0.05) is 35.4 Å². The van der Waals surface area contributed by atoms with Gasteiger partial charge in [0.2, 0.25) is 0 Å². The fourth-order valence-electron chi connectivity index (χ4n) is 4.84. The summed E-state index contributed by atoms with van der Waals surface area (Å²) in [5, 5.41) is 23.4. The maximum atomic E-state index is 13.6. The lowest BCUT2D eigenvalue weighted by atomic mass is 9.85. The van der Waals surface area contributed by atoms with Crippen molar-refractivity contribution in [2.45, 2.75) is 12.8 Å². The maximum Gasteiger partial charge on any atom is 0.273 e. The predicted octanol–water partition coefficient (Wildman–Crippen LogP) is 4.49. The third-order valence-electron chi connectivity index (χ3n) is 7.04. The average Bonchev–Trinajstić information content (AvgIpc) is 3.25. The van der Waals surface area contributed by atoms with Gasteiger partial charge in [-0.25, -0.2) is 5.01 Å². The topological polar surface area (TPSA) is 170 Å². The van der Waals surface area contributed by atoms with Crippen molar-refractivity contribution in [3.63, 3.8) is 0 Å². The minimum Gasteiger partial charge on any atom is -0.457 e. The van der Waals surface area contributed by atoms with Crippen LogP contribution in [0.5, 0.6) is 11.5 Å². The Morgan fingerprint density at radius 2 is 1.17 bits per heavy atom. The van der Waals surface area contributed by atoms with Gasteiger partial charge in [-0.05, 0) is 61.4 Å². The highest BCUT2D eigenvalue weighted by molar-refractivity contribution is 6.09. The van der Waals surface area contributed by atoms with E-state index in [1.807, 2.05) is 0 Å². The molecule has 2 atom stereocenters. The maximum absolute atomic E-state index is 13.6. The van der Waals surface area contributed by atoms with Crippen LogP contribution in [-0.4, -0.2) is 49.9 Å². The fourth-order valence-corrected chi connectivity index (χ4v) is 4.84. The Balaban J connectivity index is 1.38. The van der Waals surface area contributed by atoms with E-state index in [-0.39, 0.29) is 22.5 Å². The molecule has 212 valence electrons. The highest BCUT2D eigenvalue weighted by Crippen LogP contribution is 2.36. The van der Waals surface area contributed by atoms with Crippen LogP contribution in [-0.2, 0) is 9.59 Å². The standard InChI is InChI=1S/C29H22N4O9/c34-26(18-7-13-22(14-8-18)42-23-15-11-21(12-16-23)33(40)41)17-30(27(35)19-5-9-20(10-6-19)32(38)39)31-28(36)24-3-1-2-4-25(24)29(31)37/h1-2,5-16,24-25H,3-4,17H2/t24-,25-/m1/s1. The van der Waals surface area contributed by atoms with Gasteiger partial charge in [0.25, 0.3) is 29.1 Å². The van der Waals surface area contributed by atoms with E-state index in [0.29, 0.717) is 24.3 Å². The molecule has 3 amide bonds. The van der Waals surface area contributed by atoms with E-state index in [2.05, 4.69) is 0 Å². The van der Waals surface area contributed by atoms with E-state index in [1.54, 1.807) is 12.2 Å². The van der Waals surface area contributed by atoms with Gasteiger partial charge >= 0.3 is 0 Å². The summed E-state index contributed by atoms with van der Waals surface area (Å²) in [6.07, 6.45) is 4.25. The summed E-state index contributed by atoms with van der Waals surface area (Å²) in [7, 11) is 0. The number of nitro groups is 2. The van der Waals surface area contributed by atoms with Gasteiger partial charge in [-0.2, -0.15) is 5.01 Å². The van der Waals surface area contributed by atoms with Crippen LogP contribution in [0.15, 0.2) is 84.9 Å². The van der Waals surface area contributed by atoms with Gasteiger partial charge in [0.15, 0.2) is 5.78 Å². The summed E-state index contributed by atoms with van der Waals surface area (Å²) in [4.78, 5) is 74.2. The number of hydrazine groups is 1. The predicted molar refractivity (Wildman–Crippen MR) is 145 cm³/mol. The third-order valence-corrected chi connectivity index (χ3v) is 7.04. The van der Waals surface area contributed by atoms with Crippen molar-refractivity contribution in [2.75, 3.05) is 6.54 Å². The number of benzene rings is 3. The van der Waals surface area contributed by atoms with Crippen LogP contribution in [0.4, 0.5) is 11.4 Å². The average molecular weight is 571 g/mol. The number of imide groups is 1. The van der Waals surface area contributed by atoms with Crippen LogP contribution in [0, 0.1) is 32.1 Å². The summed E-state index contributed by atoms with van der Waals surface area (Å²) in [6.45, 7) is -0.650. The number of ketones is 1. The van der Waals surface area contributed by atoms with E-state index in [0.717, 1.165) is 22.2 Å². The van der Waals surface area contributed by atoms with Crippen LogP contribution in [0.2, 0.25) is 0 Å². The molecule has 13 nitrogen and oxygen atoms in total. The number of Topliss-reactive ketones (excluding diaryl/α,β-unsaturated/α-hetero) is 1. The zero-order valence-corrected chi connectivity index (χ0v) is 21.8. The number of allylic oxidation sites excluding steroid dienone is 2. The number of nitro benzene ring substituents is 2. The van der Waals surface area contributed by atoms with Crippen LogP contribution < -0.4 is 4.74 Å². The molecule has 0 spiro atoms. The van der Waals surface area contributed by atoms with E-state index in [4.69, 9.17) is 4.74 Å². The molecule has 0 saturated carbocycles. The zero-order valence-electron chi connectivity index (χ0n) is 21.8. The Morgan fingerprint density at radius 3 is 1.64 bits per heavy atom. The highest BCUT2D eigenvalue weighted by atomic mass is 16.6. The number of hydrogen-bond acceptors (Lipinski definition) is 9. The molecule has 3 aromatic rings. The van der Waals surface area contributed by atoms with Crippen molar-refractivity contribution in [3.8, 4) is 11.5 Å². The van der Waals surface area contributed by atoms with Crippen molar-refractivity contribution < 1.29 is 33.8 Å². The SMILES string of the molecule is O=C(CN(C(=O)c1ccc([N+](=O)[O-])cc1)N1C(=O)[C@@H]2CC=CC[C@H]2C1=O)c1ccc(Oc2ccc([N+](=O)[O-])cc2)cc1. The van der Waals surface area contributed by atoms with Gasteiger partial charge in [-0.1, -0.05) is 12.2 Å². The normalized spacial score (nSPS) is 17.5. The summed E-state index contributed by atoms with van der Waals surface area (Å²) >= 11 is 0. The van der Waals surface area contributed by atoms with E-state index >= 15 is 0 Å². The van der Waals surface area contributed by atoms with Crippen molar-refractivity contribution >= 4 is 34.9 Å². The van der Waals surface area contributed by atoms with Crippen LogP contribution >= 0.6 is 0 Å².